The van der Waals surface area contributed by atoms with Crippen LogP contribution in [0.25, 0.3) is 17.2 Å². The lowest BCUT2D eigenvalue weighted by molar-refractivity contribution is -0.111. The number of hydrogen-bond donors (Lipinski definition) is 3. The molecule has 0 saturated heterocycles. The van der Waals surface area contributed by atoms with Crippen LogP contribution in [0.5, 0.6) is 0 Å². The first-order valence-corrected chi connectivity index (χ1v) is 7.89. The number of hydrogen-bond acceptors (Lipinski definition) is 5. The Morgan fingerprint density at radius 1 is 1.27 bits per heavy atom. The van der Waals surface area contributed by atoms with Gasteiger partial charge in [0.15, 0.2) is 0 Å². The summed E-state index contributed by atoms with van der Waals surface area (Å²) >= 11 is 0. The summed E-state index contributed by atoms with van der Waals surface area (Å²) in [7, 11) is 1.85. The third-order valence-electron chi connectivity index (χ3n) is 3.79. The third kappa shape index (κ3) is 3.84. The second-order valence-electron chi connectivity index (χ2n) is 5.68. The van der Waals surface area contributed by atoms with Crippen molar-refractivity contribution in [1.29, 1.82) is 5.41 Å². The molecule has 7 heteroatoms. The van der Waals surface area contributed by atoms with Crippen LogP contribution in [-0.4, -0.2) is 26.9 Å². The first-order chi connectivity index (χ1) is 12.6. The van der Waals surface area contributed by atoms with E-state index in [1.54, 1.807) is 47.5 Å². The number of amides is 1. The van der Waals surface area contributed by atoms with Crippen LogP contribution in [0, 0.1) is 5.41 Å². The van der Waals surface area contributed by atoms with Crippen molar-refractivity contribution in [3.63, 3.8) is 0 Å². The molecule has 0 radical (unpaired) electrons. The van der Waals surface area contributed by atoms with Crippen LogP contribution < -0.4 is 11.1 Å². The first kappa shape index (κ1) is 17.1. The van der Waals surface area contributed by atoms with Crippen molar-refractivity contribution in [2.24, 2.45) is 7.05 Å². The van der Waals surface area contributed by atoms with Crippen LogP contribution in [0.3, 0.4) is 0 Å². The molecule has 0 bridgehead atoms. The Hall–Kier alpha value is -3.74. The van der Waals surface area contributed by atoms with Gasteiger partial charge in [-0.25, -0.2) is 0 Å². The average molecular weight is 346 g/mol. The van der Waals surface area contributed by atoms with Gasteiger partial charge in [-0.15, -0.1) is 0 Å². The number of nitrogens with two attached hydrogens (primary N) is 1. The van der Waals surface area contributed by atoms with Crippen LogP contribution in [0.1, 0.15) is 11.1 Å². The molecule has 2 heterocycles. The van der Waals surface area contributed by atoms with Crippen molar-refractivity contribution in [3.8, 4) is 11.1 Å². The largest absolute Gasteiger partial charge is 0.398 e. The van der Waals surface area contributed by atoms with Crippen LogP contribution in [0.4, 0.5) is 11.4 Å². The van der Waals surface area contributed by atoms with Crippen LogP contribution >= 0.6 is 0 Å². The molecule has 1 amide bonds. The number of aromatic nitrogens is 3. The van der Waals surface area contributed by atoms with E-state index in [0.29, 0.717) is 16.9 Å². The predicted molar refractivity (Wildman–Crippen MR) is 103 cm³/mol. The zero-order valence-electron chi connectivity index (χ0n) is 14.2. The molecular weight excluding hydrogens is 328 g/mol. The number of nitrogens with one attached hydrogen (secondary N) is 2. The smallest absolute Gasteiger partial charge is 0.248 e. The number of nitrogen functional groups attached to an aromatic ring is 1. The third-order valence-corrected chi connectivity index (χ3v) is 3.79. The SMILES string of the molecule is Cn1cc(-c2ccncc2/C=C/C(=O)Nc2ccc(C=N)c(N)c2)cn1. The molecule has 0 aliphatic rings. The number of rotatable bonds is 5. The Balaban J connectivity index is 1.77. The molecule has 7 nitrogen and oxygen atoms in total. The van der Waals surface area contributed by atoms with Gasteiger partial charge in [-0.3, -0.25) is 14.5 Å². The summed E-state index contributed by atoms with van der Waals surface area (Å²) in [5.41, 5.74) is 10.1. The van der Waals surface area contributed by atoms with Gasteiger partial charge >= 0.3 is 0 Å². The van der Waals surface area contributed by atoms with E-state index in [2.05, 4.69) is 15.4 Å². The fraction of sp³-hybridized carbons (Fsp3) is 0.0526. The van der Waals surface area contributed by atoms with E-state index in [1.807, 2.05) is 19.3 Å². The Morgan fingerprint density at radius 2 is 2.12 bits per heavy atom. The van der Waals surface area contributed by atoms with E-state index >= 15 is 0 Å². The fourth-order valence-electron chi connectivity index (χ4n) is 2.50. The lowest BCUT2D eigenvalue weighted by Crippen LogP contribution is -2.08. The quantitative estimate of drug-likeness (QED) is 0.375. The zero-order chi connectivity index (χ0) is 18.5. The van der Waals surface area contributed by atoms with Crippen molar-refractivity contribution in [2.75, 3.05) is 11.1 Å². The maximum atomic E-state index is 12.2. The molecule has 1 aromatic carbocycles. The van der Waals surface area contributed by atoms with E-state index in [0.717, 1.165) is 16.7 Å². The van der Waals surface area contributed by atoms with Crippen molar-refractivity contribution < 1.29 is 4.79 Å². The van der Waals surface area contributed by atoms with Gasteiger partial charge in [-0.1, -0.05) is 0 Å². The summed E-state index contributed by atoms with van der Waals surface area (Å²) in [6.45, 7) is 0. The highest BCUT2D eigenvalue weighted by Crippen LogP contribution is 2.23. The van der Waals surface area contributed by atoms with Crippen molar-refractivity contribution in [3.05, 3.63) is 66.3 Å². The number of pyridine rings is 1. The highest BCUT2D eigenvalue weighted by atomic mass is 16.1. The van der Waals surface area contributed by atoms with E-state index in [1.165, 1.54) is 12.3 Å². The average Bonchev–Trinajstić information content (AvgIpc) is 3.07. The zero-order valence-corrected chi connectivity index (χ0v) is 14.2. The van der Waals surface area contributed by atoms with E-state index in [4.69, 9.17) is 11.1 Å². The predicted octanol–water partition coefficient (Wildman–Crippen LogP) is 2.71. The standard InChI is InChI=1S/C19H18N6O/c1-25-12-15(11-23-25)17-6-7-22-10-14(17)3-5-19(26)24-16-4-2-13(9-20)18(21)8-16/h2-12,20H,21H2,1H3,(H,24,26)/b5-3+,20-9?. The van der Waals surface area contributed by atoms with E-state index < -0.39 is 0 Å². The second-order valence-corrected chi connectivity index (χ2v) is 5.68. The first-order valence-electron chi connectivity index (χ1n) is 7.89. The topological polar surface area (TPSA) is 110 Å². The maximum absolute atomic E-state index is 12.2. The highest BCUT2D eigenvalue weighted by Gasteiger charge is 2.06. The van der Waals surface area contributed by atoms with Crippen LogP contribution in [0.2, 0.25) is 0 Å². The number of carbonyl (C=O) groups excluding carboxylic acids is 1. The number of nitrogens with zero attached hydrogens (tertiary/aromatic N) is 3. The maximum Gasteiger partial charge on any atom is 0.248 e. The number of aryl methyl sites for hydroxylation is 1. The van der Waals surface area contributed by atoms with Crippen molar-refractivity contribution in [2.45, 2.75) is 0 Å². The summed E-state index contributed by atoms with van der Waals surface area (Å²) < 4.78 is 1.72. The highest BCUT2D eigenvalue weighted by molar-refractivity contribution is 6.03. The molecule has 0 spiro atoms. The van der Waals surface area contributed by atoms with Gasteiger partial charge in [-0.05, 0) is 35.9 Å². The minimum Gasteiger partial charge on any atom is -0.398 e. The molecule has 0 atom stereocenters. The lowest BCUT2D eigenvalue weighted by atomic mass is 10.0. The molecule has 3 rings (SSSR count). The molecular formula is C19H18N6O. The Kier molecular flexibility index (Phi) is 4.89. The molecule has 0 saturated carbocycles. The van der Waals surface area contributed by atoms with Gasteiger partial charge in [-0.2, -0.15) is 5.10 Å². The second kappa shape index (κ2) is 7.43. The summed E-state index contributed by atoms with van der Waals surface area (Å²) in [4.78, 5) is 16.3. The molecule has 0 unspecified atom stereocenters. The Labute approximate surface area is 150 Å². The van der Waals surface area contributed by atoms with Crippen LogP contribution in [-0.2, 0) is 11.8 Å². The van der Waals surface area contributed by atoms with Crippen molar-refractivity contribution in [1.82, 2.24) is 14.8 Å². The van der Waals surface area contributed by atoms with Gasteiger partial charge in [0, 0.05) is 66.0 Å². The van der Waals surface area contributed by atoms with Crippen molar-refractivity contribution >= 4 is 29.6 Å². The van der Waals surface area contributed by atoms with E-state index in [9.17, 15) is 4.79 Å². The number of benzene rings is 1. The normalized spacial score (nSPS) is 10.8. The summed E-state index contributed by atoms with van der Waals surface area (Å²) in [5, 5.41) is 14.2. The van der Waals surface area contributed by atoms with Gasteiger partial charge in [0.25, 0.3) is 0 Å². The molecule has 0 fully saturated rings. The monoisotopic (exact) mass is 346 g/mol. The van der Waals surface area contributed by atoms with E-state index in [-0.39, 0.29) is 5.91 Å². The van der Waals surface area contributed by atoms with Crippen LogP contribution in [0.15, 0.2) is 55.1 Å². The van der Waals surface area contributed by atoms with Gasteiger partial charge in [0.05, 0.1) is 6.20 Å². The molecule has 26 heavy (non-hydrogen) atoms. The van der Waals surface area contributed by atoms with Gasteiger partial charge in [0.2, 0.25) is 5.91 Å². The minimum absolute atomic E-state index is 0.284. The fourth-order valence-corrected chi connectivity index (χ4v) is 2.50. The minimum atomic E-state index is -0.284. The number of anilines is 2. The summed E-state index contributed by atoms with van der Waals surface area (Å²) in [5.74, 6) is -0.284. The van der Waals surface area contributed by atoms with Gasteiger partial charge in [0.1, 0.15) is 0 Å². The molecule has 4 N–H and O–H groups in total. The molecule has 3 aromatic rings. The summed E-state index contributed by atoms with van der Waals surface area (Å²) in [6.07, 6.45) is 11.4. The Bertz CT molecular complexity index is 989. The Morgan fingerprint density at radius 3 is 2.81 bits per heavy atom. The molecule has 0 aliphatic carbocycles. The number of carbonyl (C=O) groups is 1. The van der Waals surface area contributed by atoms with Gasteiger partial charge < -0.3 is 16.5 Å². The molecule has 0 aliphatic heterocycles. The molecule has 130 valence electrons. The summed E-state index contributed by atoms with van der Waals surface area (Å²) in [6, 6.07) is 6.89. The molecule has 2 aromatic heterocycles. The lowest BCUT2D eigenvalue weighted by Gasteiger charge is -2.06.